The average Bonchev–Trinajstić information content (AvgIpc) is 3.12. The van der Waals surface area contributed by atoms with Gasteiger partial charge in [0.05, 0.1) is 6.10 Å². The van der Waals surface area contributed by atoms with Gasteiger partial charge in [-0.1, -0.05) is 6.42 Å². The summed E-state index contributed by atoms with van der Waals surface area (Å²) >= 11 is 0. The van der Waals surface area contributed by atoms with E-state index in [9.17, 15) is 4.79 Å². The molecule has 5 rings (SSSR count). The number of nitrogens with zero attached hydrogens (tertiary/aromatic N) is 1. The third-order valence-corrected chi connectivity index (χ3v) is 6.61. The third kappa shape index (κ3) is 1.90. The summed E-state index contributed by atoms with van der Waals surface area (Å²) in [6.07, 6.45) is 7.35. The SMILES string of the molecule is O=C1CCCN1c1ccc(N[C@@H]2[C@H]3CCO[C@@H]3C23CCC3)cc1. The zero-order chi connectivity index (χ0) is 15.4. The van der Waals surface area contributed by atoms with Crippen LogP contribution >= 0.6 is 0 Å². The molecule has 4 nitrogen and oxygen atoms in total. The van der Waals surface area contributed by atoms with Gasteiger partial charge in [-0.15, -0.1) is 0 Å². The van der Waals surface area contributed by atoms with Crippen LogP contribution in [0.4, 0.5) is 11.4 Å². The summed E-state index contributed by atoms with van der Waals surface area (Å²) in [6, 6.07) is 9.01. The topological polar surface area (TPSA) is 41.6 Å². The number of hydrogen-bond acceptors (Lipinski definition) is 3. The van der Waals surface area contributed by atoms with Gasteiger partial charge in [0.2, 0.25) is 5.91 Å². The van der Waals surface area contributed by atoms with Crippen molar-refractivity contribution in [3.05, 3.63) is 24.3 Å². The van der Waals surface area contributed by atoms with Crippen LogP contribution in [0.3, 0.4) is 0 Å². The van der Waals surface area contributed by atoms with Gasteiger partial charge in [0, 0.05) is 48.3 Å². The number of ether oxygens (including phenoxy) is 1. The van der Waals surface area contributed by atoms with Crippen molar-refractivity contribution in [3.8, 4) is 0 Å². The zero-order valence-electron chi connectivity index (χ0n) is 13.5. The molecule has 1 spiro atoms. The van der Waals surface area contributed by atoms with Gasteiger partial charge < -0.3 is 15.0 Å². The van der Waals surface area contributed by atoms with Crippen LogP contribution < -0.4 is 10.2 Å². The van der Waals surface area contributed by atoms with Crippen LogP contribution in [0.1, 0.15) is 38.5 Å². The maximum absolute atomic E-state index is 11.8. The van der Waals surface area contributed by atoms with E-state index >= 15 is 0 Å². The van der Waals surface area contributed by atoms with Gasteiger partial charge in [-0.25, -0.2) is 0 Å². The fourth-order valence-electron chi connectivity index (χ4n) is 5.29. The molecule has 0 unspecified atom stereocenters. The Balaban J connectivity index is 1.32. The van der Waals surface area contributed by atoms with Gasteiger partial charge in [-0.2, -0.15) is 0 Å². The number of nitrogens with one attached hydrogen (secondary N) is 1. The fourth-order valence-corrected chi connectivity index (χ4v) is 5.29. The first-order chi connectivity index (χ1) is 11.3. The summed E-state index contributed by atoms with van der Waals surface area (Å²) < 4.78 is 5.99. The Labute approximate surface area is 137 Å². The summed E-state index contributed by atoms with van der Waals surface area (Å²) in [5.74, 6) is 0.944. The van der Waals surface area contributed by atoms with E-state index in [-0.39, 0.29) is 5.91 Å². The highest BCUT2D eigenvalue weighted by molar-refractivity contribution is 5.95. The summed E-state index contributed by atoms with van der Waals surface area (Å²) in [6.45, 7) is 1.80. The smallest absolute Gasteiger partial charge is 0.227 e. The lowest BCUT2D eigenvalue weighted by Crippen LogP contribution is -2.68. The van der Waals surface area contributed by atoms with Crippen molar-refractivity contribution in [2.24, 2.45) is 11.3 Å². The monoisotopic (exact) mass is 312 g/mol. The number of hydrogen-bond donors (Lipinski definition) is 1. The lowest BCUT2D eigenvalue weighted by molar-refractivity contribution is -0.158. The van der Waals surface area contributed by atoms with E-state index in [1.54, 1.807) is 0 Å². The van der Waals surface area contributed by atoms with Crippen LogP contribution in [0.25, 0.3) is 0 Å². The van der Waals surface area contributed by atoms with Crippen molar-refractivity contribution in [2.75, 3.05) is 23.4 Å². The first-order valence-electron chi connectivity index (χ1n) is 9.06. The first-order valence-corrected chi connectivity index (χ1v) is 9.06. The second kappa shape index (κ2) is 4.97. The lowest BCUT2D eigenvalue weighted by atomic mass is 9.46. The van der Waals surface area contributed by atoms with E-state index in [1.165, 1.54) is 31.4 Å². The molecule has 4 heteroatoms. The second-order valence-electron chi connectivity index (χ2n) is 7.65. The lowest BCUT2D eigenvalue weighted by Gasteiger charge is -2.63. The number of fused-ring (bicyclic) bond motifs is 2. The molecule has 2 saturated carbocycles. The third-order valence-electron chi connectivity index (χ3n) is 6.61. The van der Waals surface area contributed by atoms with Crippen LogP contribution in [0, 0.1) is 11.3 Å². The van der Waals surface area contributed by atoms with Crippen molar-refractivity contribution in [1.29, 1.82) is 0 Å². The van der Waals surface area contributed by atoms with Gasteiger partial charge in [-0.05, 0) is 49.9 Å². The van der Waals surface area contributed by atoms with Crippen molar-refractivity contribution >= 4 is 17.3 Å². The average molecular weight is 312 g/mol. The maximum atomic E-state index is 11.8. The molecule has 2 saturated heterocycles. The van der Waals surface area contributed by atoms with Crippen molar-refractivity contribution in [2.45, 2.75) is 50.7 Å². The highest BCUT2D eigenvalue weighted by Crippen LogP contribution is 2.63. The molecule has 0 bridgehead atoms. The van der Waals surface area contributed by atoms with Crippen molar-refractivity contribution in [3.63, 3.8) is 0 Å². The van der Waals surface area contributed by atoms with Crippen LogP contribution in [0.5, 0.6) is 0 Å². The molecular weight excluding hydrogens is 288 g/mol. The summed E-state index contributed by atoms with van der Waals surface area (Å²) in [5, 5.41) is 3.79. The minimum Gasteiger partial charge on any atom is -0.381 e. The number of carbonyl (C=O) groups excluding carboxylic acids is 1. The number of carbonyl (C=O) groups is 1. The van der Waals surface area contributed by atoms with Crippen LogP contribution in [-0.4, -0.2) is 31.2 Å². The molecule has 2 aliphatic heterocycles. The quantitative estimate of drug-likeness (QED) is 0.932. The molecule has 1 aromatic carbocycles. The molecule has 23 heavy (non-hydrogen) atoms. The van der Waals surface area contributed by atoms with E-state index in [0.717, 1.165) is 25.3 Å². The molecule has 122 valence electrons. The van der Waals surface area contributed by atoms with Crippen molar-refractivity contribution < 1.29 is 9.53 Å². The van der Waals surface area contributed by atoms with E-state index in [0.29, 0.717) is 29.9 Å². The highest BCUT2D eigenvalue weighted by Gasteiger charge is 2.66. The van der Waals surface area contributed by atoms with E-state index in [1.807, 2.05) is 4.90 Å². The number of rotatable bonds is 3. The van der Waals surface area contributed by atoms with Gasteiger partial charge in [0.15, 0.2) is 0 Å². The van der Waals surface area contributed by atoms with Gasteiger partial charge in [-0.3, -0.25) is 4.79 Å². The normalized spacial score (nSPS) is 34.2. The molecule has 4 fully saturated rings. The number of benzene rings is 1. The Hall–Kier alpha value is -1.55. The number of amides is 1. The van der Waals surface area contributed by atoms with Gasteiger partial charge in [0.25, 0.3) is 0 Å². The number of anilines is 2. The molecule has 1 aromatic rings. The highest BCUT2D eigenvalue weighted by atomic mass is 16.5. The largest absolute Gasteiger partial charge is 0.381 e. The Morgan fingerprint density at radius 1 is 1.17 bits per heavy atom. The molecule has 1 N–H and O–H groups in total. The van der Waals surface area contributed by atoms with Gasteiger partial charge >= 0.3 is 0 Å². The zero-order valence-corrected chi connectivity index (χ0v) is 13.5. The predicted octanol–water partition coefficient (Wildman–Crippen LogP) is 3.18. The molecule has 0 aromatic heterocycles. The summed E-state index contributed by atoms with van der Waals surface area (Å²) in [5.41, 5.74) is 2.62. The molecular formula is C19H24N2O2. The van der Waals surface area contributed by atoms with Gasteiger partial charge in [0.1, 0.15) is 0 Å². The Morgan fingerprint density at radius 3 is 2.65 bits per heavy atom. The molecule has 2 heterocycles. The Morgan fingerprint density at radius 2 is 2.00 bits per heavy atom. The maximum Gasteiger partial charge on any atom is 0.227 e. The van der Waals surface area contributed by atoms with Crippen LogP contribution in [-0.2, 0) is 9.53 Å². The van der Waals surface area contributed by atoms with Crippen LogP contribution in [0.2, 0.25) is 0 Å². The molecule has 3 atom stereocenters. The summed E-state index contributed by atoms with van der Waals surface area (Å²) in [7, 11) is 0. The first kappa shape index (κ1) is 13.8. The second-order valence-corrected chi connectivity index (χ2v) is 7.65. The van der Waals surface area contributed by atoms with Crippen LogP contribution in [0.15, 0.2) is 24.3 Å². The predicted molar refractivity (Wildman–Crippen MR) is 89.6 cm³/mol. The Kier molecular flexibility index (Phi) is 2.99. The standard InChI is InChI=1S/C19H24N2O2/c22-16-3-1-11-21(16)14-6-4-13(5-7-14)20-17-15-8-12-23-18(15)19(17)9-2-10-19/h4-7,15,17-18,20H,1-3,8-12H2/t15-,17-,18+/m1/s1. The molecule has 2 aliphatic carbocycles. The minimum absolute atomic E-state index is 0.254. The van der Waals surface area contributed by atoms with E-state index < -0.39 is 0 Å². The summed E-state index contributed by atoms with van der Waals surface area (Å²) in [4.78, 5) is 13.7. The minimum atomic E-state index is 0.254. The molecule has 1 amide bonds. The van der Waals surface area contributed by atoms with Crippen molar-refractivity contribution in [1.82, 2.24) is 0 Å². The molecule has 0 radical (unpaired) electrons. The molecule has 4 aliphatic rings. The Bertz CT molecular complexity index is 623. The fraction of sp³-hybridized carbons (Fsp3) is 0.632. The van der Waals surface area contributed by atoms with E-state index in [4.69, 9.17) is 4.74 Å². The van der Waals surface area contributed by atoms with E-state index in [2.05, 4.69) is 29.6 Å².